The molecule has 10 nitrogen and oxygen atoms in total. The van der Waals surface area contributed by atoms with Crippen LogP contribution in [-0.4, -0.2) is 55.2 Å². The molecule has 3 rings (SSSR count). The first-order valence-electron chi connectivity index (χ1n) is 9.49. The molecule has 0 spiro atoms. The predicted molar refractivity (Wildman–Crippen MR) is 114 cm³/mol. The first kappa shape index (κ1) is 21.5. The van der Waals surface area contributed by atoms with Crippen molar-refractivity contribution >= 4 is 40.0 Å². The van der Waals surface area contributed by atoms with Crippen molar-refractivity contribution in [3.63, 3.8) is 0 Å². The number of aromatic nitrogens is 1. The van der Waals surface area contributed by atoms with Crippen LogP contribution in [0.15, 0.2) is 29.6 Å². The van der Waals surface area contributed by atoms with Crippen LogP contribution in [0.5, 0.6) is 0 Å². The summed E-state index contributed by atoms with van der Waals surface area (Å²) in [7, 11) is 0. The molecule has 0 aliphatic carbocycles. The molecule has 2 aromatic rings. The maximum Gasteiger partial charge on any atom is 0.319 e. The highest BCUT2D eigenvalue weighted by molar-refractivity contribution is 7.13. The maximum absolute atomic E-state index is 12.4. The van der Waals surface area contributed by atoms with Gasteiger partial charge in [0, 0.05) is 35.8 Å². The summed E-state index contributed by atoms with van der Waals surface area (Å²) in [6.45, 7) is 6.40. The van der Waals surface area contributed by atoms with Gasteiger partial charge in [-0.05, 0) is 32.0 Å². The van der Waals surface area contributed by atoms with E-state index in [1.54, 1.807) is 23.6 Å². The van der Waals surface area contributed by atoms with Crippen LogP contribution in [-0.2, 0) is 4.74 Å². The zero-order valence-electron chi connectivity index (χ0n) is 16.7. The van der Waals surface area contributed by atoms with Crippen molar-refractivity contribution in [2.24, 2.45) is 0 Å². The minimum Gasteiger partial charge on any atom is -0.378 e. The van der Waals surface area contributed by atoms with Crippen LogP contribution in [0.2, 0.25) is 0 Å². The van der Waals surface area contributed by atoms with Crippen LogP contribution in [0.4, 0.5) is 15.6 Å². The number of nitrogens with zero attached hydrogens (tertiary/aromatic N) is 2. The number of morpholine rings is 1. The zero-order valence-corrected chi connectivity index (χ0v) is 17.5. The van der Waals surface area contributed by atoms with Crippen LogP contribution in [0.25, 0.3) is 0 Å². The van der Waals surface area contributed by atoms with E-state index in [0.29, 0.717) is 18.9 Å². The summed E-state index contributed by atoms with van der Waals surface area (Å²) < 4.78 is 5.31. The third-order valence-corrected chi connectivity index (χ3v) is 5.00. The van der Waals surface area contributed by atoms with Gasteiger partial charge in [-0.25, -0.2) is 9.78 Å². The lowest BCUT2D eigenvalue weighted by Crippen LogP contribution is -2.42. The highest BCUT2D eigenvalue weighted by Crippen LogP contribution is 2.21. The molecule has 0 unspecified atom stereocenters. The van der Waals surface area contributed by atoms with Gasteiger partial charge in [0.05, 0.1) is 13.2 Å². The molecular formula is C19H24N6O4S. The lowest BCUT2D eigenvalue weighted by Gasteiger charge is -2.25. The number of hydrogen-bond donors (Lipinski definition) is 4. The SMILES string of the molecule is CC(C)NC(=O)Nc1cccc(C(=O)NNC(=O)c2csc(N3CCOCC3)n2)c1. The minimum atomic E-state index is -0.514. The minimum absolute atomic E-state index is 0.0128. The monoisotopic (exact) mass is 432 g/mol. The van der Waals surface area contributed by atoms with Crippen molar-refractivity contribution in [1.29, 1.82) is 0 Å². The topological polar surface area (TPSA) is 125 Å². The van der Waals surface area contributed by atoms with E-state index in [9.17, 15) is 14.4 Å². The Labute approximate surface area is 178 Å². The Morgan fingerprint density at radius 2 is 1.87 bits per heavy atom. The normalized spacial score (nSPS) is 13.6. The Bertz CT molecular complexity index is 910. The number of amides is 4. The second kappa shape index (κ2) is 10.0. The van der Waals surface area contributed by atoms with E-state index in [0.717, 1.165) is 18.2 Å². The van der Waals surface area contributed by atoms with Crippen molar-refractivity contribution in [3.8, 4) is 0 Å². The van der Waals surface area contributed by atoms with Gasteiger partial charge in [0.1, 0.15) is 5.69 Å². The number of urea groups is 1. The molecule has 0 atom stereocenters. The average Bonchev–Trinajstić information content (AvgIpc) is 3.22. The van der Waals surface area contributed by atoms with Gasteiger partial charge in [-0.1, -0.05) is 6.07 Å². The lowest BCUT2D eigenvalue weighted by molar-refractivity contribution is 0.0844. The third-order valence-electron chi connectivity index (χ3n) is 4.10. The average molecular weight is 433 g/mol. The number of carbonyl (C=O) groups is 3. The van der Waals surface area contributed by atoms with Crippen molar-refractivity contribution in [2.75, 3.05) is 36.5 Å². The molecule has 4 amide bonds. The van der Waals surface area contributed by atoms with Gasteiger partial charge < -0.3 is 20.3 Å². The summed E-state index contributed by atoms with van der Waals surface area (Å²) in [6, 6.07) is 6.01. The number of nitrogens with one attached hydrogen (secondary N) is 4. The molecule has 30 heavy (non-hydrogen) atoms. The summed E-state index contributed by atoms with van der Waals surface area (Å²) in [6.07, 6.45) is 0. The summed E-state index contributed by atoms with van der Waals surface area (Å²) in [4.78, 5) is 42.8. The number of hydrazine groups is 1. The third kappa shape index (κ3) is 5.91. The number of benzene rings is 1. The summed E-state index contributed by atoms with van der Waals surface area (Å²) in [5.41, 5.74) is 5.69. The molecule has 1 aliphatic heterocycles. The Hall–Kier alpha value is -3.18. The fraction of sp³-hybridized carbons (Fsp3) is 0.368. The van der Waals surface area contributed by atoms with Crippen molar-refractivity contribution in [1.82, 2.24) is 21.2 Å². The van der Waals surface area contributed by atoms with E-state index >= 15 is 0 Å². The molecule has 1 fully saturated rings. The molecule has 2 heterocycles. The summed E-state index contributed by atoms with van der Waals surface area (Å²) >= 11 is 1.37. The van der Waals surface area contributed by atoms with Crippen molar-refractivity contribution < 1.29 is 19.1 Å². The van der Waals surface area contributed by atoms with Crippen LogP contribution in [0.3, 0.4) is 0 Å². The van der Waals surface area contributed by atoms with E-state index in [1.165, 1.54) is 17.4 Å². The van der Waals surface area contributed by atoms with E-state index in [4.69, 9.17) is 4.74 Å². The smallest absolute Gasteiger partial charge is 0.319 e. The Kier molecular flexibility index (Phi) is 7.20. The molecule has 1 saturated heterocycles. The molecule has 0 bridgehead atoms. The fourth-order valence-corrected chi connectivity index (χ4v) is 3.55. The van der Waals surface area contributed by atoms with Gasteiger partial charge in [0.25, 0.3) is 11.8 Å². The van der Waals surface area contributed by atoms with Crippen LogP contribution in [0, 0.1) is 0 Å². The lowest BCUT2D eigenvalue weighted by atomic mass is 10.2. The van der Waals surface area contributed by atoms with Crippen LogP contribution < -0.4 is 26.4 Å². The molecule has 0 saturated carbocycles. The quantitative estimate of drug-likeness (QED) is 0.532. The maximum atomic E-state index is 12.4. The molecular weight excluding hydrogens is 408 g/mol. The molecule has 1 aliphatic rings. The fourth-order valence-electron chi connectivity index (χ4n) is 2.69. The van der Waals surface area contributed by atoms with E-state index in [2.05, 4.69) is 31.4 Å². The summed E-state index contributed by atoms with van der Waals surface area (Å²) in [5.74, 6) is -1.02. The zero-order chi connectivity index (χ0) is 21.5. The van der Waals surface area contributed by atoms with Crippen molar-refractivity contribution in [3.05, 3.63) is 40.9 Å². The highest BCUT2D eigenvalue weighted by atomic mass is 32.1. The second-order valence-electron chi connectivity index (χ2n) is 6.86. The van der Waals surface area contributed by atoms with E-state index < -0.39 is 11.8 Å². The van der Waals surface area contributed by atoms with E-state index in [-0.39, 0.29) is 23.3 Å². The molecule has 1 aromatic heterocycles. The number of thiazole rings is 1. The van der Waals surface area contributed by atoms with Crippen LogP contribution >= 0.6 is 11.3 Å². The molecule has 11 heteroatoms. The second-order valence-corrected chi connectivity index (χ2v) is 7.69. The number of ether oxygens (including phenoxy) is 1. The number of carbonyl (C=O) groups excluding carboxylic acids is 3. The van der Waals surface area contributed by atoms with Gasteiger partial charge in [-0.3, -0.25) is 20.4 Å². The van der Waals surface area contributed by atoms with Crippen molar-refractivity contribution in [2.45, 2.75) is 19.9 Å². The number of anilines is 2. The first-order valence-corrected chi connectivity index (χ1v) is 10.4. The Balaban J connectivity index is 1.54. The van der Waals surface area contributed by atoms with Gasteiger partial charge in [-0.2, -0.15) is 0 Å². The molecule has 0 radical (unpaired) electrons. The van der Waals surface area contributed by atoms with Gasteiger partial charge >= 0.3 is 6.03 Å². The largest absolute Gasteiger partial charge is 0.378 e. The van der Waals surface area contributed by atoms with Gasteiger partial charge in [0.2, 0.25) is 0 Å². The number of hydrogen-bond acceptors (Lipinski definition) is 7. The molecule has 4 N–H and O–H groups in total. The van der Waals surface area contributed by atoms with E-state index in [1.807, 2.05) is 13.8 Å². The molecule has 160 valence electrons. The highest BCUT2D eigenvalue weighted by Gasteiger charge is 2.18. The van der Waals surface area contributed by atoms with Crippen LogP contribution in [0.1, 0.15) is 34.7 Å². The predicted octanol–water partition coefficient (Wildman–Crippen LogP) is 1.58. The Morgan fingerprint density at radius 1 is 1.13 bits per heavy atom. The number of rotatable bonds is 5. The van der Waals surface area contributed by atoms with Gasteiger partial charge in [0.15, 0.2) is 5.13 Å². The first-order chi connectivity index (χ1) is 14.4. The molecule has 1 aromatic carbocycles. The standard InChI is InChI=1S/C19H24N6O4S/c1-12(2)20-18(28)21-14-5-3-4-13(10-14)16(26)23-24-17(27)15-11-30-19(22-15)25-6-8-29-9-7-25/h3-5,10-12H,6-9H2,1-2H3,(H,23,26)(H,24,27)(H2,20,21,28). The van der Waals surface area contributed by atoms with Gasteiger partial charge in [-0.15, -0.1) is 11.3 Å². The Morgan fingerprint density at radius 3 is 2.60 bits per heavy atom. The summed E-state index contributed by atoms with van der Waals surface area (Å²) in [5, 5.41) is 7.74.